The van der Waals surface area contributed by atoms with Gasteiger partial charge in [-0.15, -0.1) is 0 Å². The highest BCUT2D eigenvalue weighted by atomic mass is 35.5. The largest absolute Gasteiger partial charge is 0.484 e. The molecule has 0 saturated carbocycles. The first-order valence-electron chi connectivity index (χ1n) is 6.30. The molecule has 23 heavy (non-hydrogen) atoms. The van der Waals surface area contributed by atoms with Gasteiger partial charge in [-0.25, -0.2) is 4.39 Å². The van der Waals surface area contributed by atoms with Crippen LogP contribution in [-0.2, 0) is 11.0 Å². The lowest BCUT2D eigenvalue weighted by Crippen LogP contribution is -2.21. The second-order valence-electron chi connectivity index (χ2n) is 4.49. The highest BCUT2D eigenvalue weighted by molar-refractivity contribution is 6.30. The fourth-order valence-corrected chi connectivity index (χ4v) is 1.85. The molecule has 0 atom stereocenters. The smallest absolute Gasteiger partial charge is 0.416 e. The Morgan fingerprint density at radius 3 is 2.57 bits per heavy atom. The number of rotatable bonds is 4. The topological polar surface area (TPSA) is 38.3 Å². The Morgan fingerprint density at radius 2 is 1.91 bits per heavy atom. The molecule has 2 aromatic rings. The number of nitrogens with one attached hydrogen (secondary N) is 1. The lowest BCUT2D eigenvalue weighted by atomic mass is 10.2. The molecule has 0 saturated heterocycles. The summed E-state index contributed by atoms with van der Waals surface area (Å²) in [6.07, 6.45) is -4.51. The summed E-state index contributed by atoms with van der Waals surface area (Å²) < 4.78 is 56.1. The molecule has 2 rings (SSSR count). The lowest BCUT2D eigenvalue weighted by Gasteiger charge is -2.11. The van der Waals surface area contributed by atoms with Crippen LogP contribution in [0.5, 0.6) is 5.75 Å². The van der Waals surface area contributed by atoms with Crippen molar-refractivity contribution < 1.29 is 27.1 Å². The average Bonchev–Trinajstić information content (AvgIpc) is 2.47. The third kappa shape index (κ3) is 4.85. The van der Waals surface area contributed by atoms with E-state index in [-0.39, 0.29) is 16.5 Å². The Bertz CT molecular complexity index is 719. The number of ether oxygens (including phenoxy) is 1. The van der Waals surface area contributed by atoms with Gasteiger partial charge in [-0.05, 0) is 36.4 Å². The average molecular weight is 348 g/mol. The molecule has 0 fully saturated rings. The van der Waals surface area contributed by atoms with E-state index in [1.165, 1.54) is 18.2 Å². The van der Waals surface area contributed by atoms with E-state index in [1.807, 2.05) is 0 Å². The van der Waals surface area contributed by atoms with E-state index in [1.54, 1.807) is 0 Å². The van der Waals surface area contributed by atoms with Crippen LogP contribution in [0.15, 0.2) is 42.5 Å². The highest BCUT2D eigenvalue weighted by Gasteiger charge is 2.30. The molecule has 0 aromatic heterocycles. The van der Waals surface area contributed by atoms with E-state index in [0.717, 1.165) is 24.3 Å². The summed E-state index contributed by atoms with van der Waals surface area (Å²) in [5, 5.41) is 2.40. The van der Waals surface area contributed by atoms with E-state index in [9.17, 15) is 22.4 Å². The molecule has 0 heterocycles. The van der Waals surface area contributed by atoms with Crippen molar-refractivity contribution in [3.05, 3.63) is 58.9 Å². The molecule has 0 aliphatic heterocycles. The monoisotopic (exact) mass is 347 g/mol. The van der Waals surface area contributed by atoms with E-state index in [4.69, 9.17) is 16.3 Å². The molecular weight excluding hydrogens is 338 g/mol. The summed E-state index contributed by atoms with van der Waals surface area (Å²) in [4.78, 5) is 11.6. The summed E-state index contributed by atoms with van der Waals surface area (Å²) in [6.45, 7) is -0.566. The lowest BCUT2D eigenvalue weighted by molar-refractivity contribution is -0.137. The van der Waals surface area contributed by atoms with Crippen molar-refractivity contribution in [1.82, 2.24) is 0 Å². The summed E-state index contributed by atoms with van der Waals surface area (Å²) in [6, 6.07) is 7.77. The first kappa shape index (κ1) is 17.1. The van der Waals surface area contributed by atoms with Crippen LogP contribution in [0, 0.1) is 5.82 Å². The van der Waals surface area contributed by atoms with Crippen LogP contribution in [0.25, 0.3) is 0 Å². The van der Waals surface area contributed by atoms with Crippen LogP contribution in [0.4, 0.5) is 23.2 Å². The number of halogens is 5. The molecule has 0 bridgehead atoms. The number of carbonyl (C=O) groups excluding carboxylic acids is 1. The van der Waals surface area contributed by atoms with Gasteiger partial charge in [0.25, 0.3) is 5.91 Å². The number of hydrogen-bond acceptors (Lipinski definition) is 2. The van der Waals surface area contributed by atoms with Crippen molar-refractivity contribution in [2.75, 3.05) is 11.9 Å². The molecule has 0 aliphatic rings. The Labute approximate surface area is 133 Å². The number of alkyl halides is 3. The molecule has 0 unspecified atom stereocenters. The van der Waals surface area contributed by atoms with E-state index >= 15 is 0 Å². The molecule has 0 radical (unpaired) electrons. The molecule has 3 nitrogen and oxygen atoms in total. The van der Waals surface area contributed by atoms with Gasteiger partial charge in [-0.2, -0.15) is 13.2 Å². The number of amides is 1. The van der Waals surface area contributed by atoms with Crippen molar-refractivity contribution in [2.45, 2.75) is 6.18 Å². The van der Waals surface area contributed by atoms with Crippen molar-refractivity contribution in [3.8, 4) is 5.75 Å². The minimum Gasteiger partial charge on any atom is -0.484 e. The second kappa shape index (κ2) is 6.87. The quantitative estimate of drug-likeness (QED) is 0.826. The second-order valence-corrected chi connectivity index (χ2v) is 4.92. The van der Waals surface area contributed by atoms with Crippen LogP contribution in [0.2, 0.25) is 5.02 Å². The fraction of sp³-hybridized carbons (Fsp3) is 0.133. The van der Waals surface area contributed by atoms with Crippen molar-refractivity contribution >= 4 is 23.2 Å². The van der Waals surface area contributed by atoms with Gasteiger partial charge >= 0.3 is 6.18 Å². The predicted molar refractivity (Wildman–Crippen MR) is 77.0 cm³/mol. The maximum atomic E-state index is 13.5. The number of carbonyl (C=O) groups is 1. The van der Waals surface area contributed by atoms with E-state index in [0.29, 0.717) is 0 Å². The first-order chi connectivity index (χ1) is 10.8. The summed E-state index contributed by atoms with van der Waals surface area (Å²) in [7, 11) is 0. The zero-order valence-corrected chi connectivity index (χ0v) is 12.2. The number of hydrogen-bond donors (Lipinski definition) is 1. The molecule has 2 aromatic carbocycles. The van der Waals surface area contributed by atoms with Crippen LogP contribution in [-0.4, -0.2) is 12.5 Å². The number of benzene rings is 2. The molecule has 0 spiro atoms. The Kier molecular flexibility index (Phi) is 5.10. The van der Waals surface area contributed by atoms with Gasteiger partial charge in [0.15, 0.2) is 6.61 Å². The van der Waals surface area contributed by atoms with Gasteiger partial charge in [0.2, 0.25) is 0 Å². The van der Waals surface area contributed by atoms with Crippen LogP contribution < -0.4 is 10.1 Å². The van der Waals surface area contributed by atoms with Crippen LogP contribution >= 0.6 is 11.6 Å². The molecule has 0 aliphatic carbocycles. The van der Waals surface area contributed by atoms with Crippen LogP contribution in [0.1, 0.15) is 5.56 Å². The maximum absolute atomic E-state index is 13.5. The van der Waals surface area contributed by atoms with Crippen molar-refractivity contribution in [1.29, 1.82) is 0 Å². The van der Waals surface area contributed by atoms with Gasteiger partial charge in [-0.1, -0.05) is 17.7 Å². The molecular formula is C15H10ClF4NO2. The van der Waals surface area contributed by atoms with Gasteiger partial charge in [0.05, 0.1) is 11.3 Å². The standard InChI is InChI=1S/C15H10ClF4NO2/c16-10-4-5-13(12(17)7-10)21-14(22)8-23-11-3-1-2-9(6-11)15(18,19)20/h1-7H,8H2,(H,21,22). The summed E-state index contributed by atoms with van der Waals surface area (Å²) in [5.41, 5.74) is -0.994. The molecule has 1 N–H and O–H groups in total. The molecule has 122 valence electrons. The maximum Gasteiger partial charge on any atom is 0.416 e. The highest BCUT2D eigenvalue weighted by Crippen LogP contribution is 2.31. The van der Waals surface area contributed by atoms with Crippen molar-refractivity contribution in [2.24, 2.45) is 0 Å². The van der Waals surface area contributed by atoms with Gasteiger partial charge in [0.1, 0.15) is 11.6 Å². The third-order valence-electron chi connectivity index (χ3n) is 2.74. The van der Waals surface area contributed by atoms with Crippen LogP contribution in [0.3, 0.4) is 0 Å². The Hall–Kier alpha value is -2.28. The first-order valence-corrected chi connectivity index (χ1v) is 6.68. The van der Waals surface area contributed by atoms with Gasteiger partial charge in [-0.3, -0.25) is 4.79 Å². The minimum absolute atomic E-state index is 0.105. The number of anilines is 1. The van der Waals surface area contributed by atoms with Gasteiger partial charge in [0, 0.05) is 5.02 Å². The predicted octanol–water partition coefficient (Wildman–Crippen LogP) is 4.52. The SMILES string of the molecule is O=C(COc1cccc(C(F)(F)F)c1)Nc1ccc(Cl)cc1F. The third-order valence-corrected chi connectivity index (χ3v) is 2.97. The molecule has 1 amide bonds. The summed E-state index contributed by atoms with van der Waals surface area (Å²) in [5.74, 6) is -1.57. The Morgan fingerprint density at radius 1 is 1.17 bits per heavy atom. The van der Waals surface area contributed by atoms with E-state index < -0.39 is 30.1 Å². The normalized spacial score (nSPS) is 11.2. The van der Waals surface area contributed by atoms with Crippen molar-refractivity contribution in [3.63, 3.8) is 0 Å². The van der Waals surface area contributed by atoms with E-state index in [2.05, 4.69) is 5.32 Å². The van der Waals surface area contributed by atoms with Gasteiger partial charge < -0.3 is 10.1 Å². The zero-order chi connectivity index (χ0) is 17.0. The fourth-order valence-electron chi connectivity index (χ4n) is 1.69. The zero-order valence-electron chi connectivity index (χ0n) is 11.5. The Balaban J connectivity index is 1.97. The summed E-state index contributed by atoms with van der Waals surface area (Å²) >= 11 is 5.58. The minimum atomic E-state index is -4.51. The molecule has 8 heteroatoms.